The number of benzene rings is 1. The van der Waals surface area contributed by atoms with Crippen LogP contribution in [0.15, 0.2) is 41.3 Å². The summed E-state index contributed by atoms with van der Waals surface area (Å²) >= 11 is 0. The van der Waals surface area contributed by atoms with E-state index >= 15 is 0 Å². The van der Waals surface area contributed by atoms with Crippen LogP contribution in [0.25, 0.3) is 0 Å². The summed E-state index contributed by atoms with van der Waals surface area (Å²) in [6.45, 7) is 3.48. The molecule has 0 radical (unpaired) electrons. The molecule has 3 rings (SSSR count). The van der Waals surface area contributed by atoms with Gasteiger partial charge in [-0.25, -0.2) is 8.42 Å². The van der Waals surface area contributed by atoms with Crippen LogP contribution in [0.3, 0.4) is 0 Å². The Morgan fingerprint density at radius 2 is 1.77 bits per heavy atom. The quantitative estimate of drug-likeness (QED) is 0.794. The molecule has 22 heavy (non-hydrogen) atoms. The van der Waals surface area contributed by atoms with Gasteiger partial charge in [0.25, 0.3) is 0 Å². The molecule has 0 spiro atoms. The summed E-state index contributed by atoms with van der Waals surface area (Å²) in [6, 6.07) is 6.23. The van der Waals surface area contributed by atoms with E-state index in [-0.39, 0.29) is 10.8 Å². The van der Waals surface area contributed by atoms with Gasteiger partial charge in [0.05, 0.1) is 4.90 Å². The first kappa shape index (κ1) is 15.2. The van der Waals surface area contributed by atoms with Crippen molar-refractivity contribution < 1.29 is 13.2 Å². The predicted molar refractivity (Wildman–Crippen MR) is 83.8 cm³/mol. The van der Waals surface area contributed by atoms with E-state index in [1.54, 1.807) is 29.2 Å². The normalized spacial score (nSPS) is 22.4. The minimum atomic E-state index is -3.61. The molecular formula is C16H20N2O3S. The van der Waals surface area contributed by atoms with Crippen molar-refractivity contribution in [2.24, 2.45) is 0 Å². The highest BCUT2D eigenvalue weighted by Gasteiger charge is 2.41. The standard InChI is InChI=1S/C16H20N2O3S/c1-13-6-8-14(9-7-13)22(20,21)18-12-4-5-15(18)16(19)17-10-2-3-11-17/h2-3,6-9,15H,4-5,10-12H2,1H3/t15-/m0/s1. The molecule has 1 aromatic rings. The molecule has 118 valence electrons. The number of hydrogen-bond acceptors (Lipinski definition) is 3. The van der Waals surface area contributed by atoms with Crippen molar-refractivity contribution in [3.05, 3.63) is 42.0 Å². The molecule has 1 amide bonds. The Morgan fingerprint density at radius 3 is 2.41 bits per heavy atom. The number of aryl methyl sites for hydroxylation is 1. The summed E-state index contributed by atoms with van der Waals surface area (Å²) in [4.78, 5) is 14.5. The van der Waals surface area contributed by atoms with Gasteiger partial charge in [0.15, 0.2) is 0 Å². The van der Waals surface area contributed by atoms with E-state index in [2.05, 4.69) is 0 Å². The van der Waals surface area contributed by atoms with E-state index in [9.17, 15) is 13.2 Å². The molecular weight excluding hydrogens is 300 g/mol. The molecule has 1 aromatic carbocycles. The zero-order valence-electron chi connectivity index (χ0n) is 12.6. The Morgan fingerprint density at radius 1 is 1.14 bits per heavy atom. The van der Waals surface area contributed by atoms with Gasteiger partial charge in [-0.2, -0.15) is 4.31 Å². The minimum Gasteiger partial charge on any atom is -0.334 e. The van der Waals surface area contributed by atoms with Gasteiger partial charge in [-0.05, 0) is 31.9 Å². The van der Waals surface area contributed by atoms with Gasteiger partial charge in [0.1, 0.15) is 6.04 Å². The van der Waals surface area contributed by atoms with E-state index in [0.29, 0.717) is 26.1 Å². The van der Waals surface area contributed by atoms with Crippen LogP contribution in [0.2, 0.25) is 0 Å². The molecule has 0 aliphatic carbocycles. The lowest BCUT2D eigenvalue weighted by Gasteiger charge is -2.27. The summed E-state index contributed by atoms with van der Waals surface area (Å²) in [5.41, 5.74) is 1.01. The van der Waals surface area contributed by atoms with Crippen LogP contribution in [0.5, 0.6) is 0 Å². The van der Waals surface area contributed by atoms with Gasteiger partial charge in [0.2, 0.25) is 15.9 Å². The number of carbonyl (C=O) groups is 1. The fourth-order valence-corrected chi connectivity index (χ4v) is 4.64. The van der Waals surface area contributed by atoms with E-state index in [1.165, 1.54) is 4.31 Å². The average molecular weight is 320 g/mol. The molecule has 2 aliphatic rings. The molecule has 0 bridgehead atoms. The van der Waals surface area contributed by atoms with Gasteiger partial charge in [-0.15, -0.1) is 0 Å². The Hall–Kier alpha value is -1.66. The molecule has 2 heterocycles. The van der Waals surface area contributed by atoms with E-state index < -0.39 is 16.1 Å². The summed E-state index contributed by atoms with van der Waals surface area (Å²) < 4.78 is 27.0. The Bertz CT molecular complexity index is 687. The van der Waals surface area contributed by atoms with E-state index in [4.69, 9.17) is 0 Å². The lowest BCUT2D eigenvalue weighted by Crippen LogP contribution is -2.47. The number of sulfonamides is 1. The van der Waals surface area contributed by atoms with Crippen LogP contribution < -0.4 is 0 Å². The van der Waals surface area contributed by atoms with Crippen molar-refractivity contribution >= 4 is 15.9 Å². The first-order valence-corrected chi connectivity index (χ1v) is 8.96. The second kappa shape index (κ2) is 5.85. The Kier molecular flexibility index (Phi) is 4.06. The van der Waals surface area contributed by atoms with Crippen LogP contribution in [-0.4, -0.2) is 49.2 Å². The third-order valence-electron chi connectivity index (χ3n) is 4.25. The molecule has 0 saturated carbocycles. The first-order valence-electron chi connectivity index (χ1n) is 7.52. The fraction of sp³-hybridized carbons (Fsp3) is 0.438. The van der Waals surface area contributed by atoms with Crippen LogP contribution in [0.4, 0.5) is 0 Å². The molecule has 0 unspecified atom stereocenters. The summed E-state index contributed by atoms with van der Waals surface area (Å²) in [5, 5.41) is 0. The monoisotopic (exact) mass is 320 g/mol. The SMILES string of the molecule is Cc1ccc(S(=O)(=O)N2CCC[C@H]2C(=O)N2CC=CC2)cc1. The number of carbonyl (C=O) groups excluding carboxylic acids is 1. The molecule has 1 fully saturated rings. The number of rotatable bonds is 3. The number of amides is 1. The van der Waals surface area contributed by atoms with Crippen LogP contribution >= 0.6 is 0 Å². The Labute approximate surface area is 131 Å². The van der Waals surface area contributed by atoms with Gasteiger partial charge in [-0.1, -0.05) is 29.8 Å². The maximum Gasteiger partial charge on any atom is 0.243 e. The fourth-order valence-electron chi connectivity index (χ4n) is 2.99. The summed E-state index contributed by atoms with van der Waals surface area (Å²) in [7, 11) is -3.61. The third-order valence-corrected chi connectivity index (χ3v) is 6.17. The zero-order chi connectivity index (χ0) is 15.7. The van der Waals surface area contributed by atoms with Crippen molar-refractivity contribution in [1.29, 1.82) is 0 Å². The molecule has 0 N–H and O–H groups in total. The average Bonchev–Trinajstić information content (AvgIpc) is 3.19. The van der Waals surface area contributed by atoms with Gasteiger partial charge >= 0.3 is 0 Å². The van der Waals surface area contributed by atoms with Gasteiger partial charge < -0.3 is 4.90 Å². The van der Waals surface area contributed by atoms with Crippen molar-refractivity contribution in [2.75, 3.05) is 19.6 Å². The first-order chi connectivity index (χ1) is 10.5. The maximum absolute atomic E-state index is 12.8. The number of hydrogen-bond donors (Lipinski definition) is 0. The van der Waals surface area contributed by atoms with Crippen molar-refractivity contribution in [3.8, 4) is 0 Å². The van der Waals surface area contributed by atoms with Crippen molar-refractivity contribution in [3.63, 3.8) is 0 Å². The van der Waals surface area contributed by atoms with Gasteiger partial charge in [-0.3, -0.25) is 4.79 Å². The Balaban J connectivity index is 1.85. The van der Waals surface area contributed by atoms with E-state index in [1.807, 2.05) is 19.1 Å². The highest BCUT2D eigenvalue weighted by atomic mass is 32.2. The highest BCUT2D eigenvalue weighted by Crippen LogP contribution is 2.27. The second-order valence-electron chi connectivity index (χ2n) is 5.80. The highest BCUT2D eigenvalue weighted by molar-refractivity contribution is 7.89. The van der Waals surface area contributed by atoms with Gasteiger partial charge in [0, 0.05) is 19.6 Å². The molecule has 1 atom stereocenters. The predicted octanol–water partition coefficient (Wildman–Crippen LogP) is 1.55. The minimum absolute atomic E-state index is 0.0850. The topological polar surface area (TPSA) is 57.7 Å². The molecule has 2 aliphatic heterocycles. The van der Waals surface area contributed by atoms with E-state index in [0.717, 1.165) is 12.0 Å². The third kappa shape index (κ3) is 2.68. The lowest BCUT2D eigenvalue weighted by atomic mass is 10.2. The largest absolute Gasteiger partial charge is 0.334 e. The number of nitrogens with zero attached hydrogens (tertiary/aromatic N) is 2. The smallest absolute Gasteiger partial charge is 0.243 e. The summed E-state index contributed by atoms with van der Waals surface area (Å²) in [5.74, 6) is -0.0850. The van der Waals surface area contributed by atoms with Crippen LogP contribution in [0, 0.1) is 6.92 Å². The maximum atomic E-state index is 12.8. The molecule has 1 saturated heterocycles. The van der Waals surface area contributed by atoms with Crippen LogP contribution in [0.1, 0.15) is 18.4 Å². The second-order valence-corrected chi connectivity index (χ2v) is 7.69. The molecule has 6 heteroatoms. The molecule has 5 nitrogen and oxygen atoms in total. The van der Waals surface area contributed by atoms with Crippen molar-refractivity contribution in [1.82, 2.24) is 9.21 Å². The van der Waals surface area contributed by atoms with Crippen LogP contribution in [-0.2, 0) is 14.8 Å². The summed E-state index contributed by atoms with van der Waals surface area (Å²) in [6.07, 6.45) is 5.19. The lowest BCUT2D eigenvalue weighted by molar-refractivity contribution is -0.133. The molecule has 0 aromatic heterocycles. The zero-order valence-corrected chi connectivity index (χ0v) is 13.4. The van der Waals surface area contributed by atoms with Crippen molar-refractivity contribution in [2.45, 2.75) is 30.7 Å².